The average molecular weight is 341 g/mol. The fraction of sp³-hybridized carbons (Fsp3) is 1.00. The molecule has 1 unspecified atom stereocenters. The molecule has 0 aromatic heterocycles. The Kier molecular flexibility index (Phi) is 7.92. The predicted molar refractivity (Wildman–Crippen MR) is 87.4 cm³/mol. The lowest BCUT2D eigenvalue weighted by Gasteiger charge is -2.34. The molecule has 5 nitrogen and oxygen atoms in total. The van der Waals surface area contributed by atoms with Gasteiger partial charge >= 0.3 is 0 Å². The zero-order chi connectivity index (χ0) is 14.6. The molecule has 7 heteroatoms. The molecule has 0 radical (unpaired) electrons. The molecule has 2 aliphatic rings. The highest BCUT2D eigenvalue weighted by molar-refractivity contribution is 7.89. The second-order valence-electron chi connectivity index (χ2n) is 6.17. The van der Waals surface area contributed by atoms with E-state index in [1.807, 2.05) is 13.8 Å². The first-order valence-corrected chi connectivity index (χ1v) is 9.43. The number of sulfonamides is 1. The van der Waals surface area contributed by atoms with Gasteiger partial charge in [0.25, 0.3) is 0 Å². The van der Waals surface area contributed by atoms with E-state index in [2.05, 4.69) is 5.32 Å². The summed E-state index contributed by atoms with van der Waals surface area (Å²) in [5.74, 6) is 0.758. The van der Waals surface area contributed by atoms with Crippen LogP contribution in [-0.2, 0) is 14.8 Å². The molecule has 0 saturated carbocycles. The molecule has 2 aliphatic heterocycles. The third-order valence-electron chi connectivity index (χ3n) is 4.35. The molecule has 1 atom stereocenters. The van der Waals surface area contributed by atoms with Gasteiger partial charge in [0.05, 0.1) is 18.5 Å². The Labute approximate surface area is 135 Å². The summed E-state index contributed by atoms with van der Waals surface area (Å²) in [5, 5.41) is 3.54. The van der Waals surface area contributed by atoms with E-state index in [0.717, 1.165) is 19.4 Å². The lowest BCUT2D eigenvalue weighted by Crippen LogP contribution is -2.44. The Morgan fingerprint density at radius 3 is 2.43 bits per heavy atom. The smallest absolute Gasteiger partial charge is 0.216 e. The first-order chi connectivity index (χ1) is 9.49. The lowest BCUT2D eigenvalue weighted by molar-refractivity contribution is 0.0904. The fourth-order valence-electron chi connectivity index (χ4n) is 3.19. The van der Waals surface area contributed by atoms with Crippen LogP contribution < -0.4 is 5.32 Å². The molecule has 2 fully saturated rings. The van der Waals surface area contributed by atoms with Crippen LogP contribution in [0.25, 0.3) is 0 Å². The molecule has 126 valence electrons. The molecule has 0 amide bonds. The topological polar surface area (TPSA) is 58.6 Å². The maximum Gasteiger partial charge on any atom is 0.216 e. The van der Waals surface area contributed by atoms with Crippen LogP contribution >= 0.6 is 12.4 Å². The van der Waals surface area contributed by atoms with Crippen LogP contribution in [0, 0.1) is 5.92 Å². The first-order valence-electron chi connectivity index (χ1n) is 7.82. The normalized spacial score (nSPS) is 25.2. The summed E-state index contributed by atoms with van der Waals surface area (Å²) in [7, 11) is -3.14. The number of nitrogens with one attached hydrogen (secondary N) is 1. The van der Waals surface area contributed by atoms with Crippen LogP contribution in [0.15, 0.2) is 0 Å². The summed E-state index contributed by atoms with van der Waals surface area (Å²) < 4.78 is 31.5. The first kappa shape index (κ1) is 19.2. The quantitative estimate of drug-likeness (QED) is 0.798. The summed E-state index contributed by atoms with van der Waals surface area (Å²) in [5.41, 5.74) is 0. The second-order valence-corrected chi connectivity index (χ2v) is 8.26. The zero-order valence-corrected chi connectivity index (χ0v) is 14.7. The Morgan fingerprint density at radius 1 is 1.24 bits per heavy atom. The molecule has 2 rings (SSSR count). The maximum absolute atomic E-state index is 12.2. The summed E-state index contributed by atoms with van der Waals surface area (Å²) in [6, 6.07) is 0.615. The van der Waals surface area contributed by atoms with Crippen molar-refractivity contribution in [1.82, 2.24) is 9.62 Å². The summed E-state index contributed by atoms with van der Waals surface area (Å²) in [6.45, 7) is 6.61. The van der Waals surface area contributed by atoms with Gasteiger partial charge in [0.1, 0.15) is 0 Å². The minimum atomic E-state index is -3.14. The van der Waals surface area contributed by atoms with Gasteiger partial charge < -0.3 is 10.1 Å². The predicted octanol–water partition coefficient (Wildman–Crippen LogP) is 1.63. The van der Waals surface area contributed by atoms with Gasteiger partial charge in [-0.15, -0.1) is 12.4 Å². The Balaban J connectivity index is 0.00000220. The van der Waals surface area contributed by atoms with Gasteiger partial charge in [-0.2, -0.15) is 0 Å². The highest BCUT2D eigenvalue weighted by Gasteiger charge is 2.32. The summed E-state index contributed by atoms with van der Waals surface area (Å²) >= 11 is 0. The Bertz CT molecular complexity index is 389. The average Bonchev–Trinajstić information content (AvgIpc) is 2.92. The third kappa shape index (κ3) is 5.67. The van der Waals surface area contributed by atoms with Crippen molar-refractivity contribution < 1.29 is 13.2 Å². The highest BCUT2D eigenvalue weighted by Crippen LogP contribution is 2.26. The second kappa shape index (κ2) is 8.67. The van der Waals surface area contributed by atoms with Gasteiger partial charge in [-0.25, -0.2) is 12.7 Å². The lowest BCUT2D eigenvalue weighted by atomic mass is 9.89. The van der Waals surface area contributed by atoms with Gasteiger partial charge in [0.2, 0.25) is 10.0 Å². The van der Waals surface area contributed by atoms with E-state index in [0.29, 0.717) is 31.7 Å². The molecule has 0 aromatic carbocycles. The van der Waals surface area contributed by atoms with Crippen molar-refractivity contribution in [2.75, 3.05) is 32.0 Å². The van der Waals surface area contributed by atoms with Crippen molar-refractivity contribution in [2.45, 2.75) is 51.7 Å². The molecule has 2 saturated heterocycles. The number of piperidine rings is 1. The number of rotatable bonds is 6. The molecule has 0 spiro atoms. The van der Waals surface area contributed by atoms with Crippen LogP contribution in [0.3, 0.4) is 0 Å². The molecular formula is C14H29ClN2O3S. The number of ether oxygens (including phenoxy) is 1. The fourth-order valence-corrected chi connectivity index (χ4v) is 4.52. The Hall–Kier alpha value is 0.120. The minimum Gasteiger partial charge on any atom is -0.378 e. The number of hydrogen-bond donors (Lipinski definition) is 1. The number of nitrogens with zero attached hydrogens (tertiary/aromatic N) is 1. The van der Waals surface area contributed by atoms with Crippen molar-refractivity contribution in [1.29, 1.82) is 0 Å². The van der Waals surface area contributed by atoms with Crippen molar-refractivity contribution in [2.24, 2.45) is 5.92 Å². The van der Waals surface area contributed by atoms with Crippen LogP contribution in [0.1, 0.15) is 39.5 Å². The van der Waals surface area contributed by atoms with E-state index < -0.39 is 10.0 Å². The van der Waals surface area contributed by atoms with Crippen LogP contribution in [0.2, 0.25) is 0 Å². The number of halogens is 1. The molecule has 21 heavy (non-hydrogen) atoms. The van der Waals surface area contributed by atoms with Gasteiger partial charge in [-0.1, -0.05) is 0 Å². The monoisotopic (exact) mass is 340 g/mol. The molecule has 0 aliphatic carbocycles. The third-order valence-corrected chi connectivity index (χ3v) is 6.19. The van der Waals surface area contributed by atoms with Crippen molar-refractivity contribution in [3.8, 4) is 0 Å². The largest absolute Gasteiger partial charge is 0.378 e. The molecule has 0 bridgehead atoms. The van der Waals surface area contributed by atoms with Crippen molar-refractivity contribution in [3.05, 3.63) is 0 Å². The standard InChI is InChI=1S/C14H28N2O3S.ClH/c1-12(2)19-10-11-20(17,18)16-8-5-13(6-9-16)14-4-3-7-15-14;/h12-15H,3-11H2,1-2H3;1H. The SMILES string of the molecule is CC(C)OCCS(=O)(=O)N1CCC(C2CCCN2)CC1.Cl. The minimum absolute atomic E-state index is 0. The van der Waals surface area contributed by atoms with Crippen LogP contribution in [0.4, 0.5) is 0 Å². The van der Waals surface area contributed by atoms with Gasteiger partial charge in [-0.05, 0) is 52.0 Å². The van der Waals surface area contributed by atoms with Gasteiger partial charge in [0, 0.05) is 19.1 Å². The molecule has 0 aromatic rings. The highest BCUT2D eigenvalue weighted by atomic mass is 35.5. The van der Waals surface area contributed by atoms with Crippen LogP contribution in [0.5, 0.6) is 0 Å². The maximum atomic E-state index is 12.2. The van der Waals surface area contributed by atoms with E-state index >= 15 is 0 Å². The van der Waals surface area contributed by atoms with Crippen LogP contribution in [-0.4, -0.2) is 56.9 Å². The number of hydrogen-bond acceptors (Lipinski definition) is 4. The summed E-state index contributed by atoms with van der Waals surface area (Å²) in [6.07, 6.45) is 4.57. The van der Waals surface area contributed by atoms with E-state index in [1.165, 1.54) is 12.8 Å². The zero-order valence-electron chi connectivity index (χ0n) is 13.1. The van der Waals surface area contributed by atoms with E-state index in [4.69, 9.17) is 4.74 Å². The molecule has 1 N–H and O–H groups in total. The van der Waals surface area contributed by atoms with E-state index in [9.17, 15) is 8.42 Å². The van der Waals surface area contributed by atoms with Gasteiger partial charge in [0.15, 0.2) is 0 Å². The van der Waals surface area contributed by atoms with Crippen molar-refractivity contribution in [3.63, 3.8) is 0 Å². The molecular weight excluding hydrogens is 312 g/mol. The van der Waals surface area contributed by atoms with Crippen molar-refractivity contribution >= 4 is 22.4 Å². The van der Waals surface area contributed by atoms with E-state index in [1.54, 1.807) is 4.31 Å². The summed E-state index contributed by atoms with van der Waals surface area (Å²) in [4.78, 5) is 0. The Morgan fingerprint density at radius 2 is 1.90 bits per heavy atom. The molecule has 2 heterocycles. The van der Waals surface area contributed by atoms with E-state index in [-0.39, 0.29) is 24.3 Å². The van der Waals surface area contributed by atoms with Gasteiger partial charge in [-0.3, -0.25) is 0 Å².